The van der Waals surface area contributed by atoms with Crippen molar-refractivity contribution in [1.29, 1.82) is 0 Å². The lowest BCUT2D eigenvalue weighted by molar-refractivity contribution is 0.377. The predicted molar refractivity (Wildman–Crippen MR) is 113 cm³/mol. The second kappa shape index (κ2) is 10.1. The van der Waals surface area contributed by atoms with Crippen molar-refractivity contribution in [3.63, 3.8) is 0 Å². The Kier molecular flexibility index (Phi) is 7.85. The summed E-state index contributed by atoms with van der Waals surface area (Å²) in [7, 11) is 0. The highest BCUT2D eigenvalue weighted by atomic mass is 35.5. The first kappa shape index (κ1) is 20.2. The zero-order chi connectivity index (χ0) is 18.9. The molecule has 5 nitrogen and oxygen atoms in total. The summed E-state index contributed by atoms with van der Waals surface area (Å²) in [5, 5.41) is 0.721. The van der Waals surface area contributed by atoms with E-state index in [1.165, 1.54) is 44.9 Å². The second-order valence-corrected chi connectivity index (χ2v) is 7.41. The molecule has 1 fully saturated rings. The van der Waals surface area contributed by atoms with Gasteiger partial charge in [0.2, 0.25) is 0 Å². The number of pyridine rings is 1. The average molecular weight is 376 g/mol. The number of benzene rings is 1. The summed E-state index contributed by atoms with van der Waals surface area (Å²) in [6, 6.07) is 8.93. The third kappa shape index (κ3) is 6.64. The summed E-state index contributed by atoms with van der Waals surface area (Å²) in [4.78, 5) is 3.99. The topological polar surface area (TPSA) is 117 Å². The molecule has 0 radical (unpaired) electrons. The SMILES string of the molecule is Nc1cc(CC2CCCCCCC2)c(N)c(N)n1.Nc1ccc(Cl)cc1. The van der Waals surface area contributed by atoms with E-state index in [1.807, 2.05) is 6.07 Å². The Hall–Kier alpha value is -2.14. The van der Waals surface area contributed by atoms with E-state index in [2.05, 4.69) is 4.98 Å². The molecule has 8 N–H and O–H groups in total. The molecule has 1 aromatic heterocycles. The van der Waals surface area contributed by atoms with Crippen LogP contribution in [0.1, 0.15) is 50.5 Å². The molecule has 0 saturated heterocycles. The third-order valence-electron chi connectivity index (χ3n) is 4.80. The van der Waals surface area contributed by atoms with Crippen LogP contribution < -0.4 is 22.9 Å². The monoisotopic (exact) mass is 375 g/mol. The van der Waals surface area contributed by atoms with Crippen molar-refractivity contribution in [3.05, 3.63) is 40.9 Å². The molecule has 1 aliphatic rings. The van der Waals surface area contributed by atoms with E-state index in [0.29, 0.717) is 23.2 Å². The van der Waals surface area contributed by atoms with Crippen LogP contribution in [0.15, 0.2) is 30.3 Å². The first-order valence-corrected chi connectivity index (χ1v) is 9.65. The summed E-state index contributed by atoms with van der Waals surface area (Å²) in [6.07, 6.45) is 10.4. The van der Waals surface area contributed by atoms with E-state index in [4.69, 9.17) is 34.5 Å². The molecular weight excluding hydrogens is 346 g/mol. The quantitative estimate of drug-likeness (QED) is 0.569. The lowest BCUT2D eigenvalue weighted by atomic mass is 9.86. The van der Waals surface area contributed by atoms with E-state index in [9.17, 15) is 0 Å². The maximum Gasteiger partial charge on any atom is 0.149 e. The molecular formula is C20H30ClN5. The predicted octanol–water partition coefficient (Wildman–Crippen LogP) is 4.65. The van der Waals surface area contributed by atoms with Gasteiger partial charge in [-0.1, -0.05) is 56.5 Å². The number of hydrogen-bond donors (Lipinski definition) is 4. The van der Waals surface area contributed by atoms with Crippen LogP contribution in [0.25, 0.3) is 0 Å². The largest absolute Gasteiger partial charge is 0.399 e. The van der Waals surface area contributed by atoms with Crippen molar-refractivity contribution in [2.24, 2.45) is 5.92 Å². The van der Waals surface area contributed by atoms with Crippen LogP contribution >= 0.6 is 11.6 Å². The van der Waals surface area contributed by atoms with Crippen LogP contribution in [-0.2, 0) is 6.42 Å². The molecule has 6 heteroatoms. The van der Waals surface area contributed by atoms with Crippen LogP contribution in [0.2, 0.25) is 5.02 Å². The van der Waals surface area contributed by atoms with Gasteiger partial charge in [-0.15, -0.1) is 0 Å². The molecule has 0 amide bonds. The van der Waals surface area contributed by atoms with Gasteiger partial charge in [-0.05, 0) is 48.2 Å². The summed E-state index contributed by atoms with van der Waals surface area (Å²) >= 11 is 5.56. The fourth-order valence-electron chi connectivity index (χ4n) is 3.34. The van der Waals surface area contributed by atoms with Gasteiger partial charge in [0.1, 0.15) is 11.6 Å². The molecule has 142 valence electrons. The Bertz CT molecular complexity index is 658. The number of aromatic nitrogens is 1. The minimum absolute atomic E-state index is 0.371. The molecule has 0 bridgehead atoms. The van der Waals surface area contributed by atoms with E-state index in [-0.39, 0.29) is 0 Å². The van der Waals surface area contributed by atoms with Crippen LogP contribution in [-0.4, -0.2) is 4.98 Å². The summed E-state index contributed by atoms with van der Waals surface area (Å²) in [6.45, 7) is 0. The fourth-order valence-corrected chi connectivity index (χ4v) is 3.47. The minimum atomic E-state index is 0.371. The van der Waals surface area contributed by atoms with Crippen molar-refractivity contribution >= 4 is 34.6 Å². The maximum absolute atomic E-state index is 6.00. The zero-order valence-electron chi connectivity index (χ0n) is 15.3. The van der Waals surface area contributed by atoms with Crippen LogP contribution in [0.5, 0.6) is 0 Å². The summed E-state index contributed by atoms with van der Waals surface area (Å²) < 4.78 is 0. The normalized spacial score (nSPS) is 15.4. The lowest BCUT2D eigenvalue weighted by Gasteiger charge is -2.20. The highest BCUT2D eigenvalue weighted by molar-refractivity contribution is 6.30. The van der Waals surface area contributed by atoms with E-state index >= 15 is 0 Å². The molecule has 1 heterocycles. The van der Waals surface area contributed by atoms with Crippen LogP contribution in [0.3, 0.4) is 0 Å². The van der Waals surface area contributed by atoms with Gasteiger partial charge in [0.05, 0.1) is 5.69 Å². The molecule has 1 aliphatic carbocycles. The van der Waals surface area contributed by atoms with Gasteiger partial charge in [0.15, 0.2) is 0 Å². The van der Waals surface area contributed by atoms with Crippen molar-refractivity contribution < 1.29 is 0 Å². The van der Waals surface area contributed by atoms with Gasteiger partial charge in [-0.2, -0.15) is 0 Å². The first-order chi connectivity index (χ1) is 12.5. The third-order valence-corrected chi connectivity index (χ3v) is 5.05. The molecule has 0 spiro atoms. The number of rotatable bonds is 2. The fraction of sp³-hybridized carbons (Fsp3) is 0.450. The minimum Gasteiger partial charge on any atom is -0.399 e. The molecule has 26 heavy (non-hydrogen) atoms. The highest BCUT2D eigenvalue weighted by Gasteiger charge is 2.15. The second-order valence-electron chi connectivity index (χ2n) is 6.97. The van der Waals surface area contributed by atoms with Gasteiger partial charge in [0.25, 0.3) is 0 Å². The molecule has 0 unspecified atom stereocenters. The number of hydrogen-bond acceptors (Lipinski definition) is 5. The molecule has 2 aromatic rings. The van der Waals surface area contributed by atoms with Gasteiger partial charge < -0.3 is 22.9 Å². The van der Waals surface area contributed by atoms with Gasteiger partial charge in [0, 0.05) is 10.7 Å². The van der Waals surface area contributed by atoms with Crippen molar-refractivity contribution in [1.82, 2.24) is 4.98 Å². The van der Waals surface area contributed by atoms with Gasteiger partial charge in [-0.25, -0.2) is 4.98 Å². The Labute approximate surface area is 161 Å². The zero-order valence-corrected chi connectivity index (χ0v) is 16.0. The van der Waals surface area contributed by atoms with Crippen LogP contribution in [0.4, 0.5) is 23.0 Å². The van der Waals surface area contributed by atoms with Crippen molar-refractivity contribution in [3.8, 4) is 0 Å². The maximum atomic E-state index is 6.00. The Morgan fingerprint density at radius 3 is 2.04 bits per heavy atom. The van der Waals surface area contributed by atoms with Gasteiger partial charge in [-0.3, -0.25) is 0 Å². The number of anilines is 4. The number of nitrogen functional groups attached to an aromatic ring is 4. The number of halogens is 1. The lowest BCUT2D eigenvalue weighted by Crippen LogP contribution is -2.11. The van der Waals surface area contributed by atoms with Crippen molar-refractivity contribution in [2.45, 2.75) is 51.4 Å². The average Bonchev–Trinajstić information content (AvgIpc) is 2.57. The van der Waals surface area contributed by atoms with E-state index in [1.54, 1.807) is 24.3 Å². The standard InChI is InChI=1S/C14H24N4.C6H6ClN/c15-12-9-11(13(16)14(17)18-12)8-10-6-4-2-1-3-5-7-10;7-5-1-3-6(8)4-2-5/h9-10H,1-8,16H2,(H4,15,17,18);1-4H,8H2. The Balaban J connectivity index is 0.000000254. The van der Waals surface area contributed by atoms with E-state index < -0.39 is 0 Å². The number of nitrogens with zero attached hydrogens (tertiary/aromatic N) is 1. The molecule has 1 saturated carbocycles. The first-order valence-electron chi connectivity index (χ1n) is 9.27. The van der Waals surface area contributed by atoms with Gasteiger partial charge >= 0.3 is 0 Å². The molecule has 1 aromatic carbocycles. The molecule has 0 atom stereocenters. The number of nitrogens with two attached hydrogens (primary N) is 4. The molecule has 3 rings (SSSR count). The Morgan fingerprint density at radius 1 is 0.885 bits per heavy atom. The van der Waals surface area contributed by atoms with Crippen molar-refractivity contribution in [2.75, 3.05) is 22.9 Å². The summed E-state index contributed by atoms with van der Waals surface area (Å²) in [5.74, 6) is 1.56. The van der Waals surface area contributed by atoms with E-state index in [0.717, 1.165) is 22.7 Å². The Morgan fingerprint density at radius 2 is 1.46 bits per heavy atom. The van der Waals surface area contributed by atoms with Crippen LogP contribution in [0, 0.1) is 5.92 Å². The molecule has 0 aliphatic heterocycles. The highest BCUT2D eigenvalue weighted by Crippen LogP contribution is 2.29. The smallest absolute Gasteiger partial charge is 0.149 e. The summed E-state index contributed by atoms with van der Waals surface area (Å²) in [5.41, 5.74) is 25.3.